The van der Waals surface area contributed by atoms with Crippen molar-refractivity contribution >= 4 is 12.1 Å². The van der Waals surface area contributed by atoms with Crippen LogP contribution in [0.3, 0.4) is 0 Å². The van der Waals surface area contributed by atoms with Crippen LogP contribution in [-0.4, -0.2) is 12.1 Å². The molecule has 0 aliphatic heterocycles. The van der Waals surface area contributed by atoms with Gasteiger partial charge in [0.1, 0.15) is 0 Å². The Morgan fingerprint density at radius 2 is 1.36 bits per heavy atom. The number of hydrogen-bond acceptors (Lipinski definition) is 2. The highest BCUT2D eigenvalue weighted by Gasteiger charge is 2.24. The molecule has 0 saturated heterocycles. The molecule has 3 nitrogen and oxygen atoms in total. The Morgan fingerprint density at radius 3 is 1.91 bits per heavy atom. The van der Waals surface area contributed by atoms with E-state index < -0.39 is 40.6 Å². The first-order valence-electron chi connectivity index (χ1n) is 5.83. The van der Waals surface area contributed by atoms with Gasteiger partial charge in [-0.1, -0.05) is 18.2 Å². The summed E-state index contributed by atoms with van der Waals surface area (Å²) in [6.07, 6.45) is 0.344. The van der Waals surface area contributed by atoms with E-state index in [0.29, 0.717) is 6.21 Å². The van der Waals surface area contributed by atoms with Gasteiger partial charge in [-0.15, -0.1) is 0 Å². The lowest BCUT2D eigenvalue weighted by Gasteiger charge is -2.04. The summed E-state index contributed by atoms with van der Waals surface area (Å²) in [5, 5.41) is 3.19. The number of nitrogens with zero attached hydrogens (tertiary/aromatic N) is 1. The molecule has 22 heavy (non-hydrogen) atoms. The molecular formula is C14H7F5N2O. The molecule has 0 atom stereocenters. The van der Waals surface area contributed by atoms with E-state index in [2.05, 4.69) is 5.10 Å². The average Bonchev–Trinajstić information content (AvgIpc) is 2.55. The van der Waals surface area contributed by atoms with E-state index in [1.165, 1.54) is 12.1 Å². The number of halogens is 5. The molecule has 2 aromatic rings. The first-order chi connectivity index (χ1) is 10.4. The lowest BCUT2D eigenvalue weighted by Crippen LogP contribution is -2.18. The van der Waals surface area contributed by atoms with Gasteiger partial charge in [0.05, 0.1) is 11.8 Å². The molecule has 0 radical (unpaired) electrons. The molecule has 8 heteroatoms. The molecule has 114 valence electrons. The Kier molecular flexibility index (Phi) is 4.50. The van der Waals surface area contributed by atoms with Gasteiger partial charge in [-0.05, 0) is 12.1 Å². The number of rotatable bonds is 3. The second-order valence-corrected chi connectivity index (χ2v) is 4.05. The van der Waals surface area contributed by atoms with Crippen molar-refractivity contribution < 1.29 is 26.7 Å². The van der Waals surface area contributed by atoms with Crippen LogP contribution in [0.2, 0.25) is 0 Å². The smallest absolute Gasteiger partial charge is 0.267 e. The maximum atomic E-state index is 13.3. The van der Waals surface area contributed by atoms with Crippen molar-refractivity contribution in [3.05, 3.63) is 70.5 Å². The fourth-order valence-corrected chi connectivity index (χ4v) is 1.54. The van der Waals surface area contributed by atoms with Crippen molar-refractivity contribution in [2.75, 3.05) is 0 Å². The highest BCUT2D eigenvalue weighted by Crippen LogP contribution is 2.21. The maximum Gasteiger partial charge on any atom is 0.271 e. The lowest BCUT2D eigenvalue weighted by molar-refractivity contribution is 0.0955. The number of carbonyl (C=O) groups is 1. The van der Waals surface area contributed by atoms with Crippen molar-refractivity contribution in [3.63, 3.8) is 0 Å². The fourth-order valence-electron chi connectivity index (χ4n) is 1.54. The summed E-state index contributed by atoms with van der Waals surface area (Å²) in [4.78, 5) is 11.6. The van der Waals surface area contributed by atoms with Crippen LogP contribution >= 0.6 is 0 Å². The van der Waals surface area contributed by atoms with E-state index in [0.717, 1.165) is 0 Å². The number of benzene rings is 2. The summed E-state index contributed by atoms with van der Waals surface area (Å²) >= 11 is 0. The Labute approximate surface area is 121 Å². The molecule has 1 N–H and O–H groups in total. The molecule has 0 bridgehead atoms. The van der Waals surface area contributed by atoms with Crippen LogP contribution in [0.1, 0.15) is 15.9 Å². The van der Waals surface area contributed by atoms with Gasteiger partial charge in [0.25, 0.3) is 5.91 Å². The third-order valence-electron chi connectivity index (χ3n) is 2.64. The van der Waals surface area contributed by atoms with E-state index in [1.807, 2.05) is 5.43 Å². The number of hydrazone groups is 1. The zero-order valence-corrected chi connectivity index (χ0v) is 10.7. The van der Waals surface area contributed by atoms with Crippen molar-refractivity contribution in [2.24, 2.45) is 5.10 Å². The minimum atomic E-state index is -2.26. The highest BCUT2D eigenvalue weighted by molar-refractivity contribution is 5.94. The summed E-state index contributed by atoms with van der Waals surface area (Å²) in [6.45, 7) is 0. The summed E-state index contributed by atoms with van der Waals surface area (Å²) in [7, 11) is 0. The SMILES string of the molecule is O=C(N/N=C\c1c(F)c(F)c(F)c(F)c1F)c1ccccc1. The maximum absolute atomic E-state index is 13.3. The molecule has 0 aliphatic carbocycles. The Balaban J connectivity index is 2.23. The van der Waals surface area contributed by atoms with Crippen molar-refractivity contribution in [1.82, 2.24) is 5.43 Å². The number of nitrogens with one attached hydrogen (secondary N) is 1. The predicted molar refractivity (Wildman–Crippen MR) is 67.7 cm³/mol. The number of hydrogen-bond donors (Lipinski definition) is 1. The molecule has 0 aliphatic rings. The largest absolute Gasteiger partial charge is 0.271 e. The molecule has 2 aromatic carbocycles. The fraction of sp³-hybridized carbons (Fsp3) is 0. The van der Waals surface area contributed by atoms with Crippen molar-refractivity contribution in [1.29, 1.82) is 0 Å². The lowest BCUT2D eigenvalue weighted by atomic mass is 10.2. The van der Waals surface area contributed by atoms with Gasteiger partial charge in [0, 0.05) is 5.56 Å². The van der Waals surface area contributed by atoms with Gasteiger partial charge in [0.2, 0.25) is 5.82 Å². The predicted octanol–water partition coefficient (Wildman–Crippen LogP) is 3.15. The first-order valence-corrected chi connectivity index (χ1v) is 5.83. The van der Waals surface area contributed by atoms with Crippen LogP contribution in [0.25, 0.3) is 0 Å². The van der Waals surface area contributed by atoms with Crippen molar-refractivity contribution in [2.45, 2.75) is 0 Å². The van der Waals surface area contributed by atoms with Crippen LogP contribution < -0.4 is 5.43 Å². The molecule has 0 fully saturated rings. The zero-order valence-electron chi connectivity index (χ0n) is 10.7. The quantitative estimate of drug-likeness (QED) is 0.305. The van der Waals surface area contributed by atoms with Gasteiger partial charge >= 0.3 is 0 Å². The molecule has 2 rings (SSSR count). The van der Waals surface area contributed by atoms with E-state index in [4.69, 9.17) is 0 Å². The zero-order chi connectivity index (χ0) is 16.3. The van der Waals surface area contributed by atoms with Gasteiger partial charge in [-0.3, -0.25) is 4.79 Å². The van der Waals surface area contributed by atoms with Crippen LogP contribution in [0.4, 0.5) is 22.0 Å². The van der Waals surface area contributed by atoms with E-state index in [1.54, 1.807) is 18.2 Å². The minimum Gasteiger partial charge on any atom is -0.267 e. The minimum absolute atomic E-state index is 0.206. The van der Waals surface area contributed by atoms with Crippen molar-refractivity contribution in [3.8, 4) is 0 Å². The molecule has 0 spiro atoms. The molecule has 0 unspecified atom stereocenters. The normalized spacial score (nSPS) is 11.0. The molecule has 0 saturated carbocycles. The summed E-state index contributed by atoms with van der Waals surface area (Å²) in [6, 6.07) is 7.70. The third-order valence-corrected chi connectivity index (χ3v) is 2.64. The monoisotopic (exact) mass is 314 g/mol. The third kappa shape index (κ3) is 2.95. The van der Waals surface area contributed by atoms with E-state index >= 15 is 0 Å². The second-order valence-electron chi connectivity index (χ2n) is 4.05. The van der Waals surface area contributed by atoms with E-state index in [-0.39, 0.29) is 5.56 Å². The van der Waals surface area contributed by atoms with Crippen LogP contribution in [-0.2, 0) is 0 Å². The van der Waals surface area contributed by atoms with Crippen LogP contribution in [0, 0.1) is 29.1 Å². The second kappa shape index (κ2) is 6.33. The average molecular weight is 314 g/mol. The summed E-state index contributed by atoms with van der Waals surface area (Å²) in [5.41, 5.74) is 0.874. The van der Waals surface area contributed by atoms with Gasteiger partial charge < -0.3 is 0 Å². The van der Waals surface area contributed by atoms with Gasteiger partial charge in [-0.2, -0.15) is 5.10 Å². The van der Waals surface area contributed by atoms with Crippen LogP contribution in [0.15, 0.2) is 35.4 Å². The summed E-state index contributed by atoms with van der Waals surface area (Å²) < 4.78 is 65.4. The molecular weight excluding hydrogens is 307 g/mol. The number of carbonyl (C=O) groups excluding carboxylic acids is 1. The number of amides is 1. The van der Waals surface area contributed by atoms with Crippen LogP contribution in [0.5, 0.6) is 0 Å². The molecule has 1 amide bonds. The highest BCUT2D eigenvalue weighted by atomic mass is 19.2. The Bertz CT molecular complexity index is 718. The summed E-state index contributed by atoms with van der Waals surface area (Å²) in [5.74, 6) is -11.2. The Hall–Kier alpha value is -2.77. The molecule has 0 heterocycles. The molecule has 0 aromatic heterocycles. The Morgan fingerprint density at radius 1 is 0.864 bits per heavy atom. The van der Waals surface area contributed by atoms with Gasteiger partial charge in [0.15, 0.2) is 23.3 Å². The first kappa shape index (κ1) is 15.6. The standard InChI is InChI=1S/C14H7F5N2O/c15-9-8(10(16)12(18)13(19)11(9)17)6-20-21-14(22)7-4-2-1-3-5-7/h1-6H,(H,21,22)/b20-6-. The van der Waals surface area contributed by atoms with Gasteiger partial charge in [-0.25, -0.2) is 27.4 Å². The van der Waals surface area contributed by atoms with E-state index in [9.17, 15) is 26.7 Å². The topological polar surface area (TPSA) is 41.5 Å².